The van der Waals surface area contributed by atoms with Crippen LogP contribution in [0.4, 0.5) is 5.95 Å². The first-order valence-corrected chi connectivity index (χ1v) is 14.3. The Balaban J connectivity index is 1.41. The molecule has 13 nitrogen and oxygen atoms in total. The standard InChI is InChI=1S/C27H32N7O6P/c1-20(35)23(16-21-10-6-4-7-11-21)32-41(37,40-22-12-8-5-9-13-22)39-15-14-38-19-34-18-28-24-25(34)30-27(31-26(24)36)29-17-33(2)3/h4-13,17-18,23H,14-16,19H2,1-3H3,(H,32,37)(H,30,31,36)/t23-,41?/m0/s1. The second kappa shape index (κ2) is 14.0. The Morgan fingerprint density at radius 3 is 2.54 bits per heavy atom. The Morgan fingerprint density at radius 2 is 1.85 bits per heavy atom. The highest BCUT2D eigenvalue weighted by atomic mass is 31.2. The van der Waals surface area contributed by atoms with Crippen molar-refractivity contribution in [3.05, 3.63) is 82.9 Å². The number of ether oxygens (including phenoxy) is 1. The number of hydrogen-bond donors (Lipinski definition) is 2. The van der Waals surface area contributed by atoms with Crippen LogP contribution in [0.5, 0.6) is 5.75 Å². The molecule has 216 valence electrons. The molecule has 0 aliphatic heterocycles. The number of fused-ring (bicyclic) bond motifs is 1. The molecule has 2 heterocycles. The maximum atomic E-state index is 13.8. The van der Waals surface area contributed by atoms with Gasteiger partial charge in [-0.3, -0.25) is 23.7 Å². The van der Waals surface area contributed by atoms with Crippen LogP contribution < -0.4 is 15.2 Å². The van der Waals surface area contributed by atoms with Crippen molar-refractivity contribution in [3.63, 3.8) is 0 Å². The molecule has 0 saturated carbocycles. The summed E-state index contributed by atoms with van der Waals surface area (Å²) in [5.74, 6) is 0.233. The zero-order valence-corrected chi connectivity index (χ0v) is 23.9. The van der Waals surface area contributed by atoms with Gasteiger partial charge in [0.25, 0.3) is 5.56 Å². The number of Topliss-reactive ketones (excluding diaryl/α,β-unsaturated/α-hetero) is 1. The average Bonchev–Trinajstić information content (AvgIpc) is 3.36. The van der Waals surface area contributed by atoms with E-state index in [1.165, 1.54) is 19.6 Å². The number of rotatable bonds is 15. The zero-order valence-electron chi connectivity index (χ0n) is 23.0. The highest BCUT2D eigenvalue weighted by Crippen LogP contribution is 2.45. The van der Waals surface area contributed by atoms with E-state index < -0.39 is 19.3 Å². The van der Waals surface area contributed by atoms with Crippen LogP contribution in [-0.2, 0) is 31.8 Å². The fraction of sp³-hybridized carbons (Fsp3) is 0.296. The summed E-state index contributed by atoms with van der Waals surface area (Å²) >= 11 is 0. The first-order valence-electron chi connectivity index (χ1n) is 12.8. The number of H-pyrrole nitrogens is 1. The Labute approximate surface area is 236 Å². The highest BCUT2D eigenvalue weighted by Gasteiger charge is 2.32. The smallest absolute Gasteiger partial charge is 0.413 e. The molecule has 14 heteroatoms. The predicted molar refractivity (Wildman–Crippen MR) is 154 cm³/mol. The lowest BCUT2D eigenvalue weighted by Crippen LogP contribution is -2.37. The molecule has 0 spiro atoms. The minimum atomic E-state index is -4.00. The van der Waals surface area contributed by atoms with E-state index in [4.69, 9.17) is 13.8 Å². The third kappa shape index (κ3) is 8.66. The molecule has 2 aromatic heterocycles. The molecule has 4 rings (SSSR count). The number of nitrogens with zero attached hydrogens (tertiary/aromatic N) is 5. The van der Waals surface area contributed by atoms with Gasteiger partial charge in [0.2, 0.25) is 5.95 Å². The molecule has 2 atom stereocenters. The van der Waals surface area contributed by atoms with Gasteiger partial charge in [-0.1, -0.05) is 48.5 Å². The number of aliphatic imine (C=N–C) groups is 1. The summed E-state index contributed by atoms with van der Waals surface area (Å²) in [5, 5.41) is 2.81. The van der Waals surface area contributed by atoms with Crippen molar-refractivity contribution >= 4 is 37.0 Å². The van der Waals surface area contributed by atoms with Crippen molar-refractivity contribution in [2.75, 3.05) is 27.3 Å². The maximum absolute atomic E-state index is 13.8. The minimum absolute atomic E-state index is 0.00546. The van der Waals surface area contributed by atoms with Gasteiger partial charge in [0.1, 0.15) is 18.3 Å². The van der Waals surface area contributed by atoms with Crippen LogP contribution in [0, 0.1) is 0 Å². The summed E-state index contributed by atoms with van der Waals surface area (Å²) in [4.78, 5) is 41.6. The number of hydrogen-bond acceptors (Lipinski definition) is 9. The molecule has 0 aliphatic carbocycles. The molecule has 41 heavy (non-hydrogen) atoms. The lowest BCUT2D eigenvalue weighted by molar-refractivity contribution is -0.118. The summed E-state index contributed by atoms with van der Waals surface area (Å²) in [7, 11) is -0.415. The Bertz CT molecular complexity index is 1570. The van der Waals surface area contributed by atoms with Crippen LogP contribution in [0.15, 0.2) is 76.8 Å². The molecule has 2 aromatic carbocycles. The molecular weight excluding hydrogens is 549 g/mol. The molecule has 0 fully saturated rings. The molecular formula is C27H32N7O6P. The number of carbonyl (C=O) groups excluding carboxylic acids is 1. The van der Waals surface area contributed by atoms with Crippen molar-refractivity contribution in [2.45, 2.75) is 26.1 Å². The number of aromatic amines is 1. The lowest BCUT2D eigenvalue weighted by atomic mass is 10.0. The van der Waals surface area contributed by atoms with Gasteiger partial charge in [0, 0.05) is 14.1 Å². The molecule has 4 aromatic rings. The van der Waals surface area contributed by atoms with Crippen molar-refractivity contribution in [3.8, 4) is 5.75 Å². The van der Waals surface area contributed by atoms with Gasteiger partial charge in [-0.05, 0) is 31.0 Å². The van der Waals surface area contributed by atoms with Crippen LogP contribution in [-0.4, -0.2) is 69.9 Å². The Hall–Kier alpha value is -4.16. The molecule has 2 N–H and O–H groups in total. The first kappa shape index (κ1) is 29.8. The summed E-state index contributed by atoms with van der Waals surface area (Å²) in [6.07, 6.45) is 3.25. The van der Waals surface area contributed by atoms with Crippen LogP contribution >= 0.6 is 7.75 Å². The van der Waals surface area contributed by atoms with E-state index in [9.17, 15) is 14.2 Å². The zero-order chi connectivity index (χ0) is 29.2. The molecule has 0 saturated heterocycles. The second-order valence-corrected chi connectivity index (χ2v) is 10.9. The summed E-state index contributed by atoms with van der Waals surface area (Å²) in [6, 6.07) is 17.1. The number of nitrogens with one attached hydrogen (secondary N) is 2. The molecule has 0 bridgehead atoms. The largest absolute Gasteiger partial charge is 0.459 e. The summed E-state index contributed by atoms with van der Waals surface area (Å²) in [5.41, 5.74) is 0.909. The van der Waals surface area contributed by atoms with Crippen LogP contribution in [0.2, 0.25) is 0 Å². The number of aromatic nitrogens is 4. The van der Waals surface area contributed by atoms with E-state index in [0.29, 0.717) is 17.8 Å². The molecule has 0 radical (unpaired) electrons. The third-order valence-electron chi connectivity index (χ3n) is 5.65. The van der Waals surface area contributed by atoms with Gasteiger partial charge in [-0.25, -0.2) is 19.6 Å². The van der Waals surface area contributed by atoms with E-state index in [-0.39, 0.29) is 37.2 Å². The first-order chi connectivity index (χ1) is 19.7. The third-order valence-corrected chi connectivity index (χ3v) is 7.25. The minimum Gasteiger partial charge on any atom is -0.413 e. The van der Waals surface area contributed by atoms with Gasteiger partial charge in [-0.2, -0.15) is 4.98 Å². The van der Waals surface area contributed by atoms with E-state index in [0.717, 1.165) is 5.56 Å². The van der Waals surface area contributed by atoms with Gasteiger partial charge in [0.15, 0.2) is 11.2 Å². The summed E-state index contributed by atoms with van der Waals surface area (Å²) in [6.45, 7) is 1.31. The Morgan fingerprint density at radius 1 is 1.15 bits per heavy atom. The molecule has 0 aliphatic rings. The van der Waals surface area contributed by atoms with E-state index in [1.54, 1.807) is 53.9 Å². The van der Waals surface area contributed by atoms with Crippen molar-refractivity contribution < 1.29 is 23.1 Å². The van der Waals surface area contributed by atoms with E-state index >= 15 is 0 Å². The van der Waals surface area contributed by atoms with Crippen molar-refractivity contribution in [1.82, 2.24) is 29.5 Å². The topological polar surface area (TPSA) is 153 Å². The maximum Gasteiger partial charge on any atom is 0.459 e. The number of imidazole rings is 1. The van der Waals surface area contributed by atoms with E-state index in [1.807, 2.05) is 30.3 Å². The number of para-hydroxylation sites is 1. The number of benzene rings is 2. The second-order valence-electron chi connectivity index (χ2n) is 9.24. The van der Waals surface area contributed by atoms with Crippen LogP contribution in [0.3, 0.4) is 0 Å². The fourth-order valence-electron chi connectivity index (χ4n) is 3.68. The molecule has 0 amide bonds. The lowest BCUT2D eigenvalue weighted by Gasteiger charge is -2.24. The number of ketones is 1. The van der Waals surface area contributed by atoms with Crippen LogP contribution in [0.1, 0.15) is 12.5 Å². The number of carbonyl (C=O) groups is 1. The average molecular weight is 582 g/mol. The normalized spacial score (nSPS) is 13.7. The van der Waals surface area contributed by atoms with Gasteiger partial charge >= 0.3 is 7.75 Å². The Kier molecular flexibility index (Phi) is 10.1. The molecule has 1 unspecified atom stereocenters. The van der Waals surface area contributed by atoms with Gasteiger partial charge in [0.05, 0.1) is 31.9 Å². The van der Waals surface area contributed by atoms with E-state index in [2.05, 4.69) is 25.0 Å². The summed E-state index contributed by atoms with van der Waals surface area (Å²) < 4.78 is 32.4. The van der Waals surface area contributed by atoms with Crippen LogP contribution in [0.25, 0.3) is 11.2 Å². The SMILES string of the molecule is CC(=O)[C@H](Cc1ccccc1)NP(=O)(OCCOCn1cnc2c(=O)[nH]c(N=CN(C)C)nc21)Oc1ccccc1. The van der Waals surface area contributed by atoms with Gasteiger partial charge < -0.3 is 14.2 Å². The van der Waals surface area contributed by atoms with Crippen molar-refractivity contribution in [1.29, 1.82) is 0 Å². The van der Waals surface area contributed by atoms with Crippen molar-refractivity contribution in [2.24, 2.45) is 4.99 Å². The monoisotopic (exact) mass is 581 g/mol. The highest BCUT2D eigenvalue weighted by molar-refractivity contribution is 7.52. The fourth-order valence-corrected chi connectivity index (χ4v) is 5.23. The predicted octanol–water partition coefficient (Wildman–Crippen LogP) is 3.31. The van der Waals surface area contributed by atoms with Gasteiger partial charge in [-0.15, -0.1) is 0 Å². The quantitative estimate of drug-likeness (QED) is 0.0925.